The Kier molecular flexibility index (Phi) is 5.46. The van der Waals surface area contributed by atoms with Gasteiger partial charge in [-0.3, -0.25) is 14.1 Å². The van der Waals surface area contributed by atoms with Gasteiger partial charge in [-0.05, 0) is 29.8 Å². The van der Waals surface area contributed by atoms with E-state index in [1.54, 1.807) is 22.9 Å². The number of carbonyl (C=O) groups is 1. The highest BCUT2D eigenvalue weighted by atomic mass is 32.1. The minimum atomic E-state index is -0.301. The van der Waals surface area contributed by atoms with Crippen molar-refractivity contribution in [2.75, 3.05) is 31.6 Å². The summed E-state index contributed by atoms with van der Waals surface area (Å²) < 4.78 is 7.15. The van der Waals surface area contributed by atoms with Crippen molar-refractivity contribution in [3.05, 3.63) is 72.4 Å². The van der Waals surface area contributed by atoms with Crippen molar-refractivity contribution in [1.82, 2.24) is 29.2 Å². The molecule has 10 heteroatoms. The molecule has 6 rings (SSSR count). The van der Waals surface area contributed by atoms with Crippen molar-refractivity contribution in [1.29, 1.82) is 0 Å². The standard InChI is InChI=1S/C24H21N7O2S/c32-21(20-15-31-7-3-6-25-24(31)29-20)27-18-5-2-1-4-17(18)22-28-19-12-16(13-26-23(19)34-22)14-30-8-10-33-11-9-30/h1-7,12-13,15H,8-11,14H2,(H,27,32). The van der Waals surface area contributed by atoms with Gasteiger partial charge in [0.05, 0.1) is 18.9 Å². The molecule has 0 spiro atoms. The average molecular weight is 472 g/mol. The lowest BCUT2D eigenvalue weighted by atomic mass is 10.2. The smallest absolute Gasteiger partial charge is 0.275 e. The quantitative estimate of drug-likeness (QED) is 0.419. The predicted molar refractivity (Wildman–Crippen MR) is 130 cm³/mol. The molecule has 1 aliphatic rings. The zero-order valence-corrected chi connectivity index (χ0v) is 19.0. The maximum absolute atomic E-state index is 12.9. The summed E-state index contributed by atoms with van der Waals surface area (Å²) in [4.78, 5) is 34.1. The van der Waals surface area contributed by atoms with Crippen LogP contribution in [0.4, 0.5) is 5.69 Å². The number of para-hydroxylation sites is 1. The van der Waals surface area contributed by atoms with Gasteiger partial charge in [0, 0.05) is 50.0 Å². The Labute approximate surface area is 199 Å². The van der Waals surface area contributed by atoms with Gasteiger partial charge in [0.1, 0.15) is 21.0 Å². The highest BCUT2D eigenvalue weighted by Crippen LogP contribution is 2.34. The summed E-state index contributed by atoms with van der Waals surface area (Å²) in [5, 5.41) is 3.79. The highest BCUT2D eigenvalue weighted by molar-refractivity contribution is 7.21. The van der Waals surface area contributed by atoms with Gasteiger partial charge in [0.15, 0.2) is 0 Å². The van der Waals surface area contributed by atoms with E-state index in [4.69, 9.17) is 9.72 Å². The van der Waals surface area contributed by atoms with E-state index in [2.05, 4.69) is 31.2 Å². The Balaban J connectivity index is 1.27. The number of nitrogens with one attached hydrogen (secondary N) is 1. The molecule has 0 atom stereocenters. The Hall–Kier alpha value is -3.73. The largest absolute Gasteiger partial charge is 0.379 e. The second kappa shape index (κ2) is 8.90. The summed E-state index contributed by atoms with van der Waals surface area (Å²) >= 11 is 1.51. The lowest BCUT2D eigenvalue weighted by Gasteiger charge is -2.26. The molecule has 1 aromatic carbocycles. The molecular weight excluding hydrogens is 450 g/mol. The van der Waals surface area contributed by atoms with Gasteiger partial charge >= 0.3 is 0 Å². The lowest BCUT2D eigenvalue weighted by molar-refractivity contribution is 0.0341. The molecule has 1 aliphatic heterocycles. The number of thiazole rings is 1. The number of hydrogen-bond acceptors (Lipinski definition) is 8. The molecule has 1 saturated heterocycles. The molecule has 0 aliphatic carbocycles. The molecule has 9 nitrogen and oxygen atoms in total. The van der Waals surface area contributed by atoms with E-state index in [0.717, 1.165) is 59.3 Å². The van der Waals surface area contributed by atoms with Gasteiger partial charge in [-0.15, -0.1) is 0 Å². The van der Waals surface area contributed by atoms with Crippen LogP contribution in [0.25, 0.3) is 26.7 Å². The van der Waals surface area contributed by atoms with E-state index in [1.165, 1.54) is 11.3 Å². The summed E-state index contributed by atoms with van der Waals surface area (Å²) in [6, 6.07) is 11.5. The number of imidazole rings is 1. The van der Waals surface area contributed by atoms with Crippen molar-refractivity contribution < 1.29 is 9.53 Å². The fourth-order valence-electron chi connectivity index (χ4n) is 3.99. The number of carbonyl (C=O) groups excluding carboxylic acids is 1. The lowest BCUT2D eigenvalue weighted by Crippen LogP contribution is -2.35. The van der Waals surface area contributed by atoms with Crippen LogP contribution >= 0.6 is 11.3 Å². The molecule has 170 valence electrons. The summed E-state index contributed by atoms with van der Waals surface area (Å²) in [5.74, 6) is 0.177. The number of fused-ring (bicyclic) bond motifs is 2. The molecule has 0 unspecified atom stereocenters. The first-order valence-corrected chi connectivity index (χ1v) is 11.8. The van der Waals surface area contributed by atoms with Crippen molar-refractivity contribution >= 4 is 39.1 Å². The third-order valence-electron chi connectivity index (χ3n) is 5.69. The molecule has 0 saturated carbocycles. The van der Waals surface area contributed by atoms with Crippen LogP contribution in [0.3, 0.4) is 0 Å². The Morgan fingerprint density at radius 1 is 1.12 bits per heavy atom. The van der Waals surface area contributed by atoms with Crippen LogP contribution in [-0.4, -0.2) is 61.4 Å². The fraction of sp³-hybridized carbons (Fsp3) is 0.208. The Morgan fingerprint density at radius 2 is 2.00 bits per heavy atom. The zero-order chi connectivity index (χ0) is 22.9. The van der Waals surface area contributed by atoms with Crippen molar-refractivity contribution in [3.8, 4) is 10.6 Å². The minimum Gasteiger partial charge on any atom is -0.379 e. The summed E-state index contributed by atoms with van der Waals surface area (Å²) in [6.45, 7) is 4.22. The number of amides is 1. The number of anilines is 1. The van der Waals surface area contributed by atoms with Gasteiger partial charge < -0.3 is 10.1 Å². The second-order valence-corrected chi connectivity index (χ2v) is 9.01. The van der Waals surface area contributed by atoms with Gasteiger partial charge in [0.25, 0.3) is 5.91 Å². The number of rotatable bonds is 5. The van der Waals surface area contributed by atoms with Crippen LogP contribution in [0.5, 0.6) is 0 Å². The number of ether oxygens (including phenoxy) is 1. The van der Waals surface area contributed by atoms with Gasteiger partial charge in [0.2, 0.25) is 5.78 Å². The first-order valence-electron chi connectivity index (χ1n) is 11.0. The second-order valence-electron chi connectivity index (χ2n) is 8.03. The van der Waals surface area contributed by atoms with Crippen molar-refractivity contribution in [2.24, 2.45) is 0 Å². The van der Waals surface area contributed by atoms with Crippen LogP contribution in [-0.2, 0) is 11.3 Å². The van der Waals surface area contributed by atoms with E-state index < -0.39 is 0 Å². The third kappa shape index (κ3) is 4.14. The number of nitrogens with zero attached hydrogens (tertiary/aromatic N) is 6. The fourth-order valence-corrected chi connectivity index (χ4v) is 4.92. The summed E-state index contributed by atoms with van der Waals surface area (Å²) in [5.41, 5.74) is 3.81. The van der Waals surface area contributed by atoms with Crippen molar-refractivity contribution in [2.45, 2.75) is 6.54 Å². The number of morpholine rings is 1. The maximum atomic E-state index is 12.9. The van der Waals surface area contributed by atoms with E-state index in [1.807, 2.05) is 36.7 Å². The third-order valence-corrected chi connectivity index (χ3v) is 6.70. The van der Waals surface area contributed by atoms with Gasteiger partial charge in [-0.25, -0.2) is 19.9 Å². The molecule has 5 heterocycles. The average Bonchev–Trinajstić information content (AvgIpc) is 3.49. The topological polar surface area (TPSA) is 97.5 Å². The van der Waals surface area contributed by atoms with Crippen molar-refractivity contribution in [3.63, 3.8) is 0 Å². The molecular formula is C24H21N7O2S. The van der Waals surface area contributed by atoms with E-state index in [0.29, 0.717) is 17.2 Å². The van der Waals surface area contributed by atoms with Crippen LogP contribution in [0.2, 0.25) is 0 Å². The summed E-state index contributed by atoms with van der Waals surface area (Å²) in [6.07, 6.45) is 7.04. The van der Waals surface area contributed by atoms with E-state index >= 15 is 0 Å². The Morgan fingerprint density at radius 3 is 2.88 bits per heavy atom. The normalized spacial score (nSPS) is 14.6. The van der Waals surface area contributed by atoms with Crippen LogP contribution < -0.4 is 5.32 Å². The molecule has 1 fully saturated rings. The molecule has 1 amide bonds. The number of pyridine rings is 1. The monoisotopic (exact) mass is 471 g/mol. The molecule has 4 aromatic heterocycles. The maximum Gasteiger partial charge on any atom is 0.275 e. The van der Waals surface area contributed by atoms with Crippen LogP contribution in [0.1, 0.15) is 16.1 Å². The summed E-state index contributed by atoms with van der Waals surface area (Å²) in [7, 11) is 0. The number of aromatic nitrogens is 5. The van der Waals surface area contributed by atoms with Gasteiger partial charge in [-0.2, -0.15) is 0 Å². The van der Waals surface area contributed by atoms with E-state index in [9.17, 15) is 4.79 Å². The predicted octanol–water partition coefficient (Wildman–Crippen LogP) is 3.49. The number of benzene rings is 1. The highest BCUT2D eigenvalue weighted by Gasteiger charge is 2.17. The Bertz CT molecular complexity index is 1460. The van der Waals surface area contributed by atoms with Crippen LogP contribution in [0, 0.1) is 0 Å². The molecule has 0 radical (unpaired) electrons. The zero-order valence-electron chi connectivity index (χ0n) is 18.2. The molecule has 5 aromatic rings. The first-order chi connectivity index (χ1) is 16.7. The number of hydrogen-bond donors (Lipinski definition) is 1. The van der Waals surface area contributed by atoms with Gasteiger partial charge in [-0.1, -0.05) is 23.5 Å². The van der Waals surface area contributed by atoms with E-state index in [-0.39, 0.29) is 5.91 Å². The molecule has 1 N–H and O–H groups in total. The molecule has 0 bridgehead atoms. The van der Waals surface area contributed by atoms with Crippen LogP contribution in [0.15, 0.2) is 61.2 Å². The minimum absolute atomic E-state index is 0.298. The molecule has 34 heavy (non-hydrogen) atoms. The SMILES string of the molecule is O=C(Nc1ccccc1-c1nc2cc(CN3CCOCC3)cnc2s1)c1cn2cccnc2n1. The first kappa shape index (κ1) is 20.8.